The summed E-state index contributed by atoms with van der Waals surface area (Å²) in [5, 5.41) is 9.76. The smallest absolute Gasteiger partial charge is 0.0467 e. The van der Waals surface area contributed by atoms with E-state index in [0.29, 0.717) is 23.4 Å². The third kappa shape index (κ3) is 1.16. The Balaban J connectivity index is 2.04. The highest BCUT2D eigenvalue weighted by Gasteiger charge is 2.64. The van der Waals surface area contributed by atoms with Crippen molar-refractivity contribution < 1.29 is 5.11 Å². The van der Waals surface area contributed by atoms with Crippen LogP contribution in [0.5, 0.6) is 0 Å². The van der Waals surface area contributed by atoms with Crippen LogP contribution in [-0.2, 0) is 0 Å². The van der Waals surface area contributed by atoms with Gasteiger partial charge in [-0.15, -0.1) is 0 Å². The van der Waals surface area contributed by atoms with Crippen LogP contribution in [0.1, 0.15) is 52.9 Å². The van der Waals surface area contributed by atoms with Crippen molar-refractivity contribution in [3.8, 4) is 0 Å². The lowest BCUT2D eigenvalue weighted by molar-refractivity contribution is 0.0374. The predicted molar refractivity (Wildman–Crippen MR) is 66.0 cm³/mol. The highest BCUT2D eigenvalue weighted by molar-refractivity contribution is 5.12. The molecule has 0 aromatic heterocycles. The minimum Gasteiger partial charge on any atom is -0.396 e. The molecule has 0 aliphatic heterocycles. The van der Waals surface area contributed by atoms with E-state index in [1.807, 2.05) is 0 Å². The van der Waals surface area contributed by atoms with E-state index in [1.165, 1.54) is 32.1 Å². The second kappa shape index (κ2) is 3.25. The van der Waals surface area contributed by atoms with E-state index in [-0.39, 0.29) is 0 Å². The van der Waals surface area contributed by atoms with Crippen molar-refractivity contribution in [2.45, 2.75) is 52.9 Å². The Bertz CT molecular complexity index is 296. The molecule has 0 aromatic rings. The highest BCUT2D eigenvalue weighted by atomic mass is 16.3. The Morgan fingerprint density at radius 3 is 2.56 bits per heavy atom. The van der Waals surface area contributed by atoms with E-state index < -0.39 is 0 Å². The Kier molecular flexibility index (Phi) is 2.25. The van der Waals surface area contributed by atoms with E-state index in [9.17, 15) is 5.11 Å². The molecular formula is C15H26O. The van der Waals surface area contributed by atoms with Gasteiger partial charge in [0.05, 0.1) is 0 Å². The molecule has 0 amide bonds. The first kappa shape index (κ1) is 11.1. The highest BCUT2D eigenvalue weighted by Crippen LogP contribution is 2.70. The van der Waals surface area contributed by atoms with E-state index >= 15 is 0 Å². The molecule has 0 saturated heterocycles. The Morgan fingerprint density at radius 2 is 1.88 bits per heavy atom. The first-order valence-electron chi connectivity index (χ1n) is 7.11. The summed E-state index contributed by atoms with van der Waals surface area (Å²) < 4.78 is 0. The van der Waals surface area contributed by atoms with Crippen LogP contribution in [-0.4, -0.2) is 11.7 Å². The molecule has 3 fully saturated rings. The van der Waals surface area contributed by atoms with Gasteiger partial charge in [0.15, 0.2) is 0 Å². The average Bonchev–Trinajstić information content (AvgIpc) is 2.68. The number of aliphatic hydroxyl groups excluding tert-OH is 1. The number of rotatable bonds is 1. The third-order valence-electron chi connectivity index (χ3n) is 6.55. The van der Waals surface area contributed by atoms with Crippen LogP contribution >= 0.6 is 0 Å². The first-order valence-corrected chi connectivity index (χ1v) is 7.11. The molecule has 92 valence electrons. The number of hydrogen-bond acceptors (Lipinski definition) is 1. The van der Waals surface area contributed by atoms with Crippen LogP contribution < -0.4 is 0 Å². The zero-order chi connectivity index (χ0) is 11.6. The minimum absolute atomic E-state index is 0.435. The van der Waals surface area contributed by atoms with Gasteiger partial charge in [-0.3, -0.25) is 0 Å². The molecule has 3 rings (SSSR count). The molecule has 0 spiro atoms. The zero-order valence-corrected chi connectivity index (χ0v) is 11.0. The Labute approximate surface area is 99.6 Å². The van der Waals surface area contributed by atoms with E-state index in [2.05, 4.69) is 20.8 Å². The van der Waals surface area contributed by atoms with Crippen LogP contribution in [0, 0.1) is 34.5 Å². The van der Waals surface area contributed by atoms with Gasteiger partial charge in [0, 0.05) is 6.61 Å². The molecule has 0 unspecified atom stereocenters. The predicted octanol–water partition coefficient (Wildman–Crippen LogP) is 3.47. The van der Waals surface area contributed by atoms with Gasteiger partial charge < -0.3 is 5.11 Å². The van der Waals surface area contributed by atoms with Crippen LogP contribution in [0.3, 0.4) is 0 Å². The van der Waals surface area contributed by atoms with E-state index in [0.717, 1.165) is 17.8 Å². The maximum absolute atomic E-state index is 9.76. The zero-order valence-electron chi connectivity index (χ0n) is 11.0. The molecule has 4 bridgehead atoms. The lowest BCUT2D eigenvalue weighted by Gasteiger charge is -2.40. The summed E-state index contributed by atoms with van der Waals surface area (Å²) in [5.41, 5.74) is 0.990. The maximum atomic E-state index is 9.76. The van der Waals surface area contributed by atoms with Crippen molar-refractivity contribution in [3.63, 3.8) is 0 Å². The van der Waals surface area contributed by atoms with Gasteiger partial charge >= 0.3 is 0 Å². The van der Waals surface area contributed by atoms with Crippen LogP contribution in [0.4, 0.5) is 0 Å². The molecule has 16 heavy (non-hydrogen) atoms. The molecule has 3 aliphatic carbocycles. The van der Waals surface area contributed by atoms with Gasteiger partial charge in [-0.05, 0) is 60.2 Å². The summed E-state index contributed by atoms with van der Waals surface area (Å²) in [4.78, 5) is 0. The molecule has 0 radical (unpaired) electrons. The molecule has 5 atom stereocenters. The van der Waals surface area contributed by atoms with Crippen LogP contribution in [0.15, 0.2) is 0 Å². The van der Waals surface area contributed by atoms with Gasteiger partial charge in [0.2, 0.25) is 0 Å². The van der Waals surface area contributed by atoms with Crippen molar-refractivity contribution in [2.75, 3.05) is 6.61 Å². The molecule has 1 heteroatoms. The standard InChI is InChI=1S/C15H26O/c1-14(2)7-4-8-15(3)11-6-5-10(13(11)14)12(15)9-16/h10-13,16H,4-9H2,1-3H3/t10-,11+,12-,13-,15+/m0/s1. The fourth-order valence-corrected chi connectivity index (χ4v) is 5.92. The number of hydrogen-bond donors (Lipinski definition) is 1. The summed E-state index contributed by atoms with van der Waals surface area (Å²) in [6, 6.07) is 0. The summed E-state index contributed by atoms with van der Waals surface area (Å²) in [6.45, 7) is 7.87. The van der Waals surface area contributed by atoms with Crippen molar-refractivity contribution in [1.82, 2.24) is 0 Å². The molecule has 3 aliphatic rings. The topological polar surface area (TPSA) is 20.2 Å². The van der Waals surface area contributed by atoms with Gasteiger partial charge in [-0.1, -0.05) is 27.2 Å². The van der Waals surface area contributed by atoms with Gasteiger partial charge in [-0.2, -0.15) is 0 Å². The molecule has 1 N–H and O–H groups in total. The minimum atomic E-state index is 0.435. The monoisotopic (exact) mass is 222 g/mol. The molecule has 1 nitrogen and oxygen atoms in total. The lowest BCUT2D eigenvalue weighted by atomic mass is 9.65. The van der Waals surface area contributed by atoms with Crippen molar-refractivity contribution in [1.29, 1.82) is 0 Å². The molecule has 0 aromatic carbocycles. The SMILES string of the molecule is CC1(C)CCC[C@]2(C)[C@@H]3CC[C@H]([C@@H]31)[C@@H]2CO. The summed E-state index contributed by atoms with van der Waals surface area (Å²) in [5.74, 6) is 3.25. The summed E-state index contributed by atoms with van der Waals surface area (Å²) in [6.07, 6.45) is 6.96. The van der Waals surface area contributed by atoms with Crippen LogP contribution in [0.25, 0.3) is 0 Å². The Morgan fingerprint density at radius 1 is 1.12 bits per heavy atom. The molecule has 0 heterocycles. The van der Waals surface area contributed by atoms with E-state index in [4.69, 9.17) is 0 Å². The molecular weight excluding hydrogens is 196 g/mol. The maximum Gasteiger partial charge on any atom is 0.0467 e. The lowest BCUT2D eigenvalue weighted by Crippen LogP contribution is -2.35. The van der Waals surface area contributed by atoms with Crippen molar-refractivity contribution >= 4 is 0 Å². The number of aliphatic hydroxyl groups is 1. The molecule has 3 saturated carbocycles. The van der Waals surface area contributed by atoms with Gasteiger partial charge in [0.25, 0.3) is 0 Å². The van der Waals surface area contributed by atoms with E-state index in [1.54, 1.807) is 0 Å². The largest absolute Gasteiger partial charge is 0.396 e. The third-order valence-corrected chi connectivity index (χ3v) is 6.55. The fourth-order valence-electron chi connectivity index (χ4n) is 5.92. The quantitative estimate of drug-likeness (QED) is 0.720. The fraction of sp³-hybridized carbons (Fsp3) is 1.00. The van der Waals surface area contributed by atoms with Gasteiger partial charge in [-0.25, -0.2) is 0 Å². The van der Waals surface area contributed by atoms with Crippen molar-refractivity contribution in [3.05, 3.63) is 0 Å². The average molecular weight is 222 g/mol. The second-order valence-electron chi connectivity index (χ2n) is 7.51. The van der Waals surface area contributed by atoms with Crippen molar-refractivity contribution in [2.24, 2.45) is 34.5 Å². The summed E-state index contributed by atoms with van der Waals surface area (Å²) >= 11 is 0. The van der Waals surface area contributed by atoms with Crippen LogP contribution in [0.2, 0.25) is 0 Å². The first-order chi connectivity index (χ1) is 7.50. The summed E-state index contributed by atoms with van der Waals surface area (Å²) in [7, 11) is 0. The normalized spacial score (nSPS) is 54.0. The van der Waals surface area contributed by atoms with Gasteiger partial charge in [0.1, 0.15) is 0 Å². The second-order valence-corrected chi connectivity index (χ2v) is 7.51. The Hall–Kier alpha value is -0.0400.